The third-order valence-corrected chi connectivity index (χ3v) is 2.59. The zero-order valence-electron chi connectivity index (χ0n) is 7.52. The van der Waals surface area contributed by atoms with Crippen molar-refractivity contribution in [3.8, 4) is 0 Å². The molecule has 2 nitrogen and oxygen atoms in total. The zero-order chi connectivity index (χ0) is 9.10. The molecule has 0 fully saturated rings. The predicted octanol–water partition coefficient (Wildman–Crippen LogP) is 2.67. The van der Waals surface area contributed by atoms with Crippen molar-refractivity contribution in [1.29, 1.82) is 0 Å². The minimum atomic E-state index is -0.431. The topological polar surface area (TPSA) is 33.4 Å². The second kappa shape index (κ2) is 3.79. The van der Waals surface area contributed by atoms with E-state index in [0.717, 1.165) is 19.3 Å². The number of aliphatic hydroxyl groups is 1. The minimum Gasteiger partial charge on any atom is -0.467 e. The molecular weight excluding hydrogens is 164 g/mol. The molecule has 1 heterocycles. The van der Waals surface area contributed by atoms with Crippen molar-refractivity contribution >= 4 is 0 Å². The molecule has 2 heteroatoms. The van der Waals surface area contributed by atoms with Crippen LogP contribution in [0.4, 0.5) is 0 Å². The summed E-state index contributed by atoms with van der Waals surface area (Å²) in [5.41, 5.74) is 0. The molecular formula is C11H14O2. The van der Waals surface area contributed by atoms with Crippen LogP contribution in [-0.2, 0) is 0 Å². The van der Waals surface area contributed by atoms with Gasteiger partial charge in [-0.2, -0.15) is 0 Å². The van der Waals surface area contributed by atoms with Crippen LogP contribution in [0, 0.1) is 5.92 Å². The van der Waals surface area contributed by atoms with Gasteiger partial charge in [0.1, 0.15) is 11.9 Å². The highest BCUT2D eigenvalue weighted by Crippen LogP contribution is 2.31. The molecule has 1 aromatic heterocycles. The van der Waals surface area contributed by atoms with Gasteiger partial charge >= 0.3 is 0 Å². The molecule has 1 aliphatic rings. The summed E-state index contributed by atoms with van der Waals surface area (Å²) in [5, 5.41) is 9.91. The predicted molar refractivity (Wildman–Crippen MR) is 50.1 cm³/mol. The second-order valence-corrected chi connectivity index (χ2v) is 3.50. The van der Waals surface area contributed by atoms with Gasteiger partial charge in [-0.25, -0.2) is 0 Å². The molecule has 0 unspecified atom stereocenters. The Morgan fingerprint density at radius 3 is 3.00 bits per heavy atom. The highest BCUT2D eigenvalue weighted by atomic mass is 16.4. The molecule has 1 aliphatic carbocycles. The molecule has 0 saturated carbocycles. The van der Waals surface area contributed by atoms with Gasteiger partial charge in [0.15, 0.2) is 0 Å². The van der Waals surface area contributed by atoms with E-state index in [0.29, 0.717) is 11.7 Å². The SMILES string of the molecule is O[C@H](c1ccco1)[C@H]1CC=CCC1. The van der Waals surface area contributed by atoms with Crippen LogP contribution in [0.5, 0.6) is 0 Å². The van der Waals surface area contributed by atoms with E-state index < -0.39 is 6.10 Å². The molecule has 1 N–H and O–H groups in total. The fourth-order valence-electron chi connectivity index (χ4n) is 1.80. The van der Waals surface area contributed by atoms with Crippen LogP contribution in [0.25, 0.3) is 0 Å². The van der Waals surface area contributed by atoms with E-state index in [1.807, 2.05) is 12.1 Å². The Hall–Kier alpha value is -1.02. The van der Waals surface area contributed by atoms with Crippen molar-refractivity contribution in [2.24, 2.45) is 5.92 Å². The van der Waals surface area contributed by atoms with Crippen LogP contribution in [0.15, 0.2) is 35.0 Å². The monoisotopic (exact) mass is 178 g/mol. The average Bonchev–Trinajstić information content (AvgIpc) is 2.71. The summed E-state index contributed by atoms with van der Waals surface area (Å²) in [6, 6.07) is 3.65. The first-order valence-electron chi connectivity index (χ1n) is 4.74. The minimum absolute atomic E-state index is 0.330. The number of rotatable bonds is 2. The van der Waals surface area contributed by atoms with E-state index in [2.05, 4.69) is 12.2 Å². The average molecular weight is 178 g/mol. The van der Waals surface area contributed by atoms with Crippen molar-refractivity contribution in [1.82, 2.24) is 0 Å². The van der Waals surface area contributed by atoms with E-state index in [4.69, 9.17) is 4.42 Å². The normalized spacial score (nSPS) is 24.5. The zero-order valence-corrected chi connectivity index (χ0v) is 7.52. The quantitative estimate of drug-likeness (QED) is 0.706. The van der Waals surface area contributed by atoms with Gasteiger partial charge in [-0.3, -0.25) is 0 Å². The van der Waals surface area contributed by atoms with Crippen molar-refractivity contribution in [3.63, 3.8) is 0 Å². The largest absolute Gasteiger partial charge is 0.467 e. The van der Waals surface area contributed by atoms with Gasteiger partial charge in [-0.15, -0.1) is 0 Å². The standard InChI is InChI=1S/C11H14O2/c12-11(10-7-4-8-13-10)9-5-2-1-3-6-9/h1-2,4,7-9,11-12H,3,5-6H2/t9-,11-/m0/s1. The summed E-state index contributed by atoms with van der Waals surface area (Å²) < 4.78 is 5.17. The number of hydrogen-bond donors (Lipinski definition) is 1. The molecule has 2 rings (SSSR count). The molecule has 0 amide bonds. The first-order valence-corrected chi connectivity index (χ1v) is 4.74. The van der Waals surface area contributed by atoms with Crippen molar-refractivity contribution < 1.29 is 9.52 Å². The third kappa shape index (κ3) is 1.83. The van der Waals surface area contributed by atoms with Crippen LogP contribution in [0.1, 0.15) is 31.1 Å². The smallest absolute Gasteiger partial charge is 0.132 e. The Bertz CT molecular complexity index is 274. The summed E-state index contributed by atoms with van der Waals surface area (Å²) in [6.45, 7) is 0. The third-order valence-electron chi connectivity index (χ3n) is 2.59. The molecule has 0 aromatic carbocycles. The summed E-state index contributed by atoms with van der Waals surface area (Å²) in [7, 11) is 0. The van der Waals surface area contributed by atoms with Crippen LogP contribution in [0.2, 0.25) is 0 Å². The lowest BCUT2D eigenvalue weighted by Crippen LogP contribution is -2.13. The first-order chi connectivity index (χ1) is 6.38. The van der Waals surface area contributed by atoms with Gasteiger partial charge in [-0.1, -0.05) is 12.2 Å². The van der Waals surface area contributed by atoms with Gasteiger partial charge in [-0.05, 0) is 37.3 Å². The van der Waals surface area contributed by atoms with Gasteiger partial charge in [0, 0.05) is 0 Å². The maximum atomic E-state index is 9.91. The van der Waals surface area contributed by atoms with E-state index >= 15 is 0 Å². The fraction of sp³-hybridized carbons (Fsp3) is 0.455. The van der Waals surface area contributed by atoms with E-state index in [9.17, 15) is 5.11 Å². The maximum Gasteiger partial charge on any atom is 0.132 e. The second-order valence-electron chi connectivity index (χ2n) is 3.50. The first kappa shape index (κ1) is 8.57. The van der Waals surface area contributed by atoms with Gasteiger partial charge in [0.2, 0.25) is 0 Å². The molecule has 0 aliphatic heterocycles. The van der Waals surface area contributed by atoms with Gasteiger partial charge < -0.3 is 9.52 Å². The summed E-state index contributed by atoms with van der Waals surface area (Å²) in [5.74, 6) is 1.02. The molecule has 0 radical (unpaired) electrons. The highest BCUT2D eigenvalue weighted by Gasteiger charge is 2.22. The molecule has 0 bridgehead atoms. The van der Waals surface area contributed by atoms with Gasteiger partial charge in [0.05, 0.1) is 6.26 Å². The number of hydrogen-bond acceptors (Lipinski definition) is 2. The molecule has 0 spiro atoms. The fourth-order valence-corrected chi connectivity index (χ4v) is 1.80. The summed E-state index contributed by atoms with van der Waals surface area (Å²) in [6.07, 6.45) is 8.57. The lowest BCUT2D eigenvalue weighted by atomic mass is 9.88. The maximum absolute atomic E-state index is 9.91. The Morgan fingerprint density at radius 2 is 2.38 bits per heavy atom. The van der Waals surface area contributed by atoms with Crippen LogP contribution in [0.3, 0.4) is 0 Å². The Labute approximate surface area is 77.9 Å². The Morgan fingerprint density at radius 1 is 1.46 bits per heavy atom. The Kier molecular flexibility index (Phi) is 2.50. The van der Waals surface area contributed by atoms with Crippen LogP contribution >= 0.6 is 0 Å². The molecule has 70 valence electrons. The van der Waals surface area contributed by atoms with E-state index in [1.54, 1.807) is 6.26 Å². The van der Waals surface area contributed by atoms with Crippen molar-refractivity contribution in [2.75, 3.05) is 0 Å². The molecule has 0 saturated heterocycles. The number of allylic oxidation sites excluding steroid dienone is 2. The summed E-state index contributed by atoms with van der Waals surface area (Å²) >= 11 is 0. The van der Waals surface area contributed by atoms with E-state index in [-0.39, 0.29) is 0 Å². The number of furan rings is 1. The molecule has 13 heavy (non-hydrogen) atoms. The van der Waals surface area contributed by atoms with Crippen LogP contribution < -0.4 is 0 Å². The summed E-state index contributed by atoms with van der Waals surface area (Å²) in [4.78, 5) is 0. The Balaban J connectivity index is 2.04. The lowest BCUT2D eigenvalue weighted by Gasteiger charge is -2.21. The lowest BCUT2D eigenvalue weighted by molar-refractivity contribution is 0.0808. The molecule has 1 aromatic rings. The molecule has 2 atom stereocenters. The highest BCUT2D eigenvalue weighted by molar-refractivity contribution is 5.05. The van der Waals surface area contributed by atoms with Gasteiger partial charge in [0.25, 0.3) is 0 Å². The number of aliphatic hydroxyl groups excluding tert-OH is 1. The van der Waals surface area contributed by atoms with Crippen LogP contribution in [-0.4, -0.2) is 5.11 Å². The van der Waals surface area contributed by atoms with Crippen molar-refractivity contribution in [3.05, 3.63) is 36.3 Å². The van der Waals surface area contributed by atoms with Crippen molar-refractivity contribution in [2.45, 2.75) is 25.4 Å². The van der Waals surface area contributed by atoms with E-state index in [1.165, 1.54) is 0 Å².